The summed E-state index contributed by atoms with van der Waals surface area (Å²) in [7, 11) is 1.26. The first-order chi connectivity index (χ1) is 11.6. The Morgan fingerprint density at radius 3 is 2.58 bits per heavy atom. The number of ether oxygens (including phenoxy) is 1. The third-order valence-electron chi connectivity index (χ3n) is 4.13. The zero-order valence-electron chi connectivity index (χ0n) is 13.5. The lowest BCUT2D eigenvalue weighted by Gasteiger charge is -2.17. The molecule has 3 atom stereocenters. The molecule has 24 heavy (non-hydrogen) atoms. The van der Waals surface area contributed by atoms with Gasteiger partial charge in [0.25, 0.3) is 0 Å². The number of methoxy groups -OCH3 is 1. The molecule has 1 fully saturated rings. The summed E-state index contributed by atoms with van der Waals surface area (Å²) in [6.45, 7) is 2.02. The SMILES string of the molecule is CCCSC1=N[C@@H](C(=O)OC)[C@@H]2C(=O)N(c3ccccc3)C(=O)[C@H]12. The summed E-state index contributed by atoms with van der Waals surface area (Å²) in [4.78, 5) is 43.3. The number of hydrogen-bond acceptors (Lipinski definition) is 6. The summed E-state index contributed by atoms with van der Waals surface area (Å²) < 4.78 is 4.78. The molecule has 2 heterocycles. The molecule has 0 bridgehead atoms. The number of hydrogen-bond donors (Lipinski definition) is 0. The summed E-state index contributed by atoms with van der Waals surface area (Å²) in [6, 6.07) is 7.83. The Morgan fingerprint density at radius 1 is 1.25 bits per heavy atom. The van der Waals surface area contributed by atoms with Crippen molar-refractivity contribution in [3.05, 3.63) is 30.3 Å². The van der Waals surface area contributed by atoms with E-state index in [4.69, 9.17) is 4.74 Å². The van der Waals surface area contributed by atoms with Crippen molar-refractivity contribution in [3.63, 3.8) is 0 Å². The van der Waals surface area contributed by atoms with Gasteiger partial charge in [-0.3, -0.25) is 14.6 Å². The molecule has 0 saturated carbocycles. The van der Waals surface area contributed by atoms with Gasteiger partial charge < -0.3 is 4.74 Å². The Balaban J connectivity index is 1.98. The molecule has 0 aliphatic carbocycles. The van der Waals surface area contributed by atoms with Crippen LogP contribution in [0.2, 0.25) is 0 Å². The fraction of sp³-hybridized carbons (Fsp3) is 0.412. The Hall–Kier alpha value is -2.15. The second-order valence-electron chi connectivity index (χ2n) is 5.63. The number of imide groups is 1. The van der Waals surface area contributed by atoms with Gasteiger partial charge in [0.15, 0.2) is 6.04 Å². The quantitative estimate of drug-likeness (QED) is 0.615. The molecule has 1 aromatic rings. The van der Waals surface area contributed by atoms with E-state index in [0.29, 0.717) is 10.7 Å². The van der Waals surface area contributed by atoms with Crippen molar-refractivity contribution in [2.24, 2.45) is 16.8 Å². The zero-order chi connectivity index (χ0) is 17.3. The number of nitrogens with zero attached hydrogens (tertiary/aromatic N) is 2. The topological polar surface area (TPSA) is 76.0 Å². The predicted molar refractivity (Wildman–Crippen MR) is 91.9 cm³/mol. The molecule has 1 saturated heterocycles. The van der Waals surface area contributed by atoms with Gasteiger partial charge in [-0.25, -0.2) is 9.69 Å². The molecule has 6 nitrogen and oxygen atoms in total. The van der Waals surface area contributed by atoms with E-state index in [0.717, 1.165) is 12.2 Å². The largest absolute Gasteiger partial charge is 0.467 e. The monoisotopic (exact) mass is 346 g/mol. The number of anilines is 1. The minimum absolute atomic E-state index is 0.315. The second kappa shape index (κ2) is 6.76. The number of carbonyl (C=O) groups is 3. The van der Waals surface area contributed by atoms with Gasteiger partial charge in [0, 0.05) is 0 Å². The van der Waals surface area contributed by atoms with Crippen LogP contribution in [-0.4, -0.2) is 41.7 Å². The number of aliphatic imine (C=N–C) groups is 1. The maximum Gasteiger partial charge on any atom is 0.331 e. The van der Waals surface area contributed by atoms with Gasteiger partial charge in [0.05, 0.1) is 23.8 Å². The van der Waals surface area contributed by atoms with E-state index in [9.17, 15) is 14.4 Å². The van der Waals surface area contributed by atoms with Gasteiger partial charge in [-0.15, -0.1) is 11.8 Å². The van der Waals surface area contributed by atoms with Crippen molar-refractivity contribution in [2.75, 3.05) is 17.8 Å². The number of carbonyl (C=O) groups excluding carboxylic acids is 3. The molecule has 2 aliphatic heterocycles. The Morgan fingerprint density at radius 2 is 1.96 bits per heavy atom. The minimum atomic E-state index is -0.940. The Labute approximate surface area is 144 Å². The number of fused-ring (bicyclic) bond motifs is 1. The van der Waals surface area contributed by atoms with E-state index >= 15 is 0 Å². The van der Waals surface area contributed by atoms with Crippen molar-refractivity contribution in [1.82, 2.24) is 0 Å². The number of esters is 1. The number of benzene rings is 1. The zero-order valence-corrected chi connectivity index (χ0v) is 14.3. The van der Waals surface area contributed by atoms with Crippen molar-refractivity contribution >= 4 is 40.3 Å². The molecule has 0 radical (unpaired) electrons. The van der Waals surface area contributed by atoms with Gasteiger partial charge in [0.1, 0.15) is 5.92 Å². The van der Waals surface area contributed by atoms with Crippen LogP contribution in [0.1, 0.15) is 13.3 Å². The van der Waals surface area contributed by atoms with E-state index < -0.39 is 23.8 Å². The number of para-hydroxylation sites is 1. The Kier molecular flexibility index (Phi) is 4.71. The summed E-state index contributed by atoms with van der Waals surface area (Å²) in [5.41, 5.74) is 0.519. The van der Waals surface area contributed by atoms with Gasteiger partial charge in [-0.1, -0.05) is 25.1 Å². The van der Waals surface area contributed by atoms with Crippen LogP contribution in [0.5, 0.6) is 0 Å². The molecule has 2 aliphatic rings. The van der Waals surface area contributed by atoms with Crippen molar-refractivity contribution < 1.29 is 19.1 Å². The van der Waals surface area contributed by atoms with Crippen LogP contribution in [0.4, 0.5) is 5.69 Å². The molecule has 0 unspecified atom stereocenters. The highest BCUT2D eigenvalue weighted by Crippen LogP contribution is 2.42. The van der Waals surface area contributed by atoms with Crippen LogP contribution < -0.4 is 4.90 Å². The molecular formula is C17H18N2O4S. The highest BCUT2D eigenvalue weighted by molar-refractivity contribution is 8.14. The highest BCUT2D eigenvalue weighted by Gasteiger charge is 2.59. The van der Waals surface area contributed by atoms with E-state index in [1.54, 1.807) is 24.3 Å². The van der Waals surface area contributed by atoms with Crippen LogP contribution in [0.3, 0.4) is 0 Å². The third kappa shape index (κ3) is 2.62. The van der Waals surface area contributed by atoms with Gasteiger partial charge in [-0.2, -0.15) is 0 Å². The van der Waals surface area contributed by atoms with Crippen LogP contribution in [-0.2, 0) is 19.1 Å². The van der Waals surface area contributed by atoms with E-state index in [-0.39, 0.29) is 11.8 Å². The highest BCUT2D eigenvalue weighted by atomic mass is 32.2. The number of amides is 2. The molecule has 0 spiro atoms. The van der Waals surface area contributed by atoms with Crippen LogP contribution in [0.25, 0.3) is 0 Å². The molecular weight excluding hydrogens is 328 g/mol. The normalized spacial score (nSPS) is 25.7. The summed E-state index contributed by atoms with van der Waals surface area (Å²) in [5.74, 6) is -1.98. The summed E-state index contributed by atoms with van der Waals surface area (Å²) in [6.07, 6.45) is 0.911. The lowest BCUT2D eigenvalue weighted by molar-refractivity contribution is -0.145. The Bertz CT molecular complexity index is 704. The van der Waals surface area contributed by atoms with Gasteiger partial charge in [-0.05, 0) is 24.3 Å². The first-order valence-electron chi connectivity index (χ1n) is 7.81. The van der Waals surface area contributed by atoms with E-state index in [2.05, 4.69) is 4.99 Å². The first-order valence-corrected chi connectivity index (χ1v) is 8.79. The molecule has 7 heteroatoms. The number of rotatable bonds is 4. The van der Waals surface area contributed by atoms with Gasteiger partial charge in [0.2, 0.25) is 11.8 Å². The lowest BCUT2D eigenvalue weighted by atomic mass is 9.92. The van der Waals surface area contributed by atoms with Crippen LogP contribution in [0, 0.1) is 11.8 Å². The molecule has 3 rings (SSSR count). The fourth-order valence-electron chi connectivity index (χ4n) is 3.05. The maximum absolute atomic E-state index is 12.9. The average molecular weight is 346 g/mol. The molecule has 1 aromatic carbocycles. The molecule has 0 N–H and O–H groups in total. The third-order valence-corrected chi connectivity index (χ3v) is 5.40. The van der Waals surface area contributed by atoms with Crippen LogP contribution in [0.15, 0.2) is 35.3 Å². The smallest absolute Gasteiger partial charge is 0.331 e. The van der Waals surface area contributed by atoms with E-state index in [1.807, 2.05) is 13.0 Å². The lowest BCUT2D eigenvalue weighted by Crippen LogP contribution is -2.36. The fourth-order valence-corrected chi connectivity index (χ4v) is 4.08. The molecule has 2 amide bonds. The second-order valence-corrected chi connectivity index (χ2v) is 6.75. The summed E-state index contributed by atoms with van der Waals surface area (Å²) in [5, 5.41) is 0.564. The molecule has 0 aromatic heterocycles. The van der Waals surface area contributed by atoms with Crippen molar-refractivity contribution in [2.45, 2.75) is 19.4 Å². The standard InChI is InChI=1S/C17H18N2O4S/c1-3-9-24-14-12-11(13(18-14)17(22)23-2)15(20)19(16(12)21)10-7-5-4-6-8-10/h4-8,11-13H,3,9H2,1-2H3/t11-,12+,13-/m1/s1. The predicted octanol–water partition coefficient (Wildman–Crippen LogP) is 1.89. The number of thioether (sulfide) groups is 1. The van der Waals surface area contributed by atoms with E-state index in [1.165, 1.54) is 23.8 Å². The average Bonchev–Trinajstić information content (AvgIpc) is 3.10. The van der Waals surface area contributed by atoms with Crippen LogP contribution >= 0.6 is 11.8 Å². The van der Waals surface area contributed by atoms with Crippen molar-refractivity contribution in [1.29, 1.82) is 0 Å². The first kappa shape index (κ1) is 16.7. The van der Waals surface area contributed by atoms with Crippen molar-refractivity contribution in [3.8, 4) is 0 Å². The maximum atomic E-state index is 12.9. The summed E-state index contributed by atoms with van der Waals surface area (Å²) >= 11 is 1.44. The minimum Gasteiger partial charge on any atom is -0.467 e. The van der Waals surface area contributed by atoms with Gasteiger partial charge >= 0.3 is 5.97 Å². The molecule has 126 valence electrons.